The molecule has 0 saturated carbocycles. The third-order valence-electron chi connectivity index (χ3n) is 4.20. The van der Waals surface area contributed by atoms with Crippen LogP contribution < -0.4 is 5.56 Å². The van der Waals surface area contributed by atoms with Gasteiger partial charge in [-0.1, -0.05) is 47.5 Å². The molecule has 2 heterocycles. The summed E-state index contributed by atoms with van der Waals surface area (Å²) in [5, 5.41) is 10.6. The van der Waals surface area contributed by atoms with Crippen molar-refractivity contribution in [2.45, 2.75) is 13.5 Å². The van der Waals surface area contributed by atoms with Gasteiger partial charge in [0, 0.05) is 15.4 Å². The van der Waals surface area contributed by atoms with Gasteiger partial charge < -0.3 is 0 Å². The van der Waals surface area contributed by atoms with E-state index in [0.717, 1.165) is 22.3 Å². The molecular weight excluding hydrogens is 371 g/mol. The smallest absolute Gasteiger partial charge is 0.265 e. The summed E-state index contributed by atoms with van der Waals surface area (Å²) in [4.78, 5) is 13.1. The monoisotopic (exact) mass is 384 g/mol. The van der Waals surface area contributed by atoms with E-state index in [4.69, 9.17) is 23.2 Å². The van der Waals surface area contributed by atoms with Crippen LogP contribution in [0.1, 0.15) is 11.3 Å². The van der Waals surface area contributed by atoms with E-state index in [1.807, 2.05) is 37.3 Å². The highest BCUT2D eigenvalue weighted by atomic mass is 35.5. The Labute approximate surface area is 159 Å². The minimum absolute atomic E-state index is 0.224. The molecule has 130 valence electrons. The Morgan fingerprint density at radius 3 is 2.58 bits per heavy atom. The number of rotatable bonds is 3. The molecule has 0 spiro atoms. The predicted molar refractivity (Wildman–Crippen MR) is 103 cm³/mol. The maximum Gasteiger partial charge on any atom is 0.293 e. The molecule has 0 atom stereocenters. The van der Waals surface area contributed by atoms with E-state index in [2.05, 4.69) is 10.2 Å². The van der Waals surface area contributed by atoms with Crippen LogP contribution in [-0.4, -0.2) is 19.6 Å². The normalized spacial score (nSPS) is 11.2. The van der Waals surface area contributed by atoms with Crippen LogP contribution in [-0.2, 0) is 6.54 Å². The van der Waals surface area contributed by atoms with Crippen molar-refractivity contribution in [1.29, 1.82) is 0 Å². The second kappa shape index (κ2) is 6.59. The second-order valence-electron chi connectivity index (χ2n) is 5.94. The average Bonchev–Trinajstić information content (AvgIpc) is 3.08. The molecule has 0 radical (unpaired) electrons. The van der Waals surface area contributed by atoms with Gasteiger partial charge in [0.05, 0.1) is 24.1 Å². The molecule has 2 aromatic heterocycles. The van der Waals surface area contributed by atoms with Gasteiger partial charge >= 0.3 is 0 Å². The number of aryl methyl sites for hydroxylation is 1. The molecule has 0 amide bonds. The van der Waals surface area contributed by atoms with Gasteiger partial charge in [0.25, 0.3) is 5.56 Å². The summed E-state index contributed by atoms with van der Waals surface area (Å²) in [7, 11) is 0. The van der Waals surface area contributed by atoms with Crippen molar-refractivity contribution in [2.75, 3.05) is 0 Å². The summed E-state index contributed by atoms with van der Waals surface area (Å²) in [6.07, 6.45) is 1.67. The molecule has 0 aliphatic carbocycles. The van der Waals surface area contributed by atoms with E-state index in [0.29, 0.717) is 15.6 Å². The van der Waals surface area contributed by atoms with Crippen LogP contribution in [0.2, 0.25) is 10.0 Å². The van der Waals surface area contributed by atoms with Gasteiger partial charge in [-0.2, -0.15) is 10.2 Å². The lowest BCUT2D eigenvalue weighted by atomic mass is 10.2. The number of nitrogens with zero attached hydrogens (tertiary/aromatic N) is 4. The van der Waals surface area contributed by atoms with E-state index >= 15 is 0 Å². The Hall–Kier alpha value is -2.63. The summed E-state index contributed by atoms with van der Waals surface area (Å²) in [6, 6.07) is 14.7. The van der Waals surface area contributed by atoms with E-state index in [-0.39, 0.29) is 12.1 Å². The molecule has 0 saturated heterocycles. The predicted octanol–water partition coefficient (Wildman–Crippen LogP) is 4.25. The van der Waals surface area contributed by atoms with Crippen molar-refractivity contribution in [3.63, 3.8) is 0 Å². The maximum absolute atomic E-state index is 13.1. The lowest BCUT2D eigenvalue weighted by Crippen LogP contribution is -2.26. The highest BCUT2D eigenvalue weighted by Gasteiger charge is 2.15. The summed E-state index contributed by atoms with van der Waals surface area (Å²) < 4.78 is 3.06. The van der Waals surface area contributed by atoms with Gasteiger partial charge in [-0.3, -0.25) is 4.79 Å². The summed E-state index contributed by atoms with van der Waals surface area (Å²) in [6.45, 7) is 2.12. The number of fused-ring (bicyclic) bond motifs is 1. The molecule has 26 heavy (non-hydrogen) atoms. The number of hydrogen-bond donors (Lipinski definition) is 0. The standard InChI is InChI=1S/C19H14Cl2N4O/c1-12-16-10-22-25(15-5-3-2-4-6-15)18(16)19(26)24(23-12)11-13-7-8-14(20)9-17(13)21/h2-10H,11H2,1H3. The second-order valence-corrected chi connectivity index (χ2v) is 6.78. The Morgan fingerprint density at radius 1 is 1.08 bits per heavy atom. The minimum Gasteiger partial charge on any atom is -0.265 e. The van der Waals surface area contributed by atoms with Gasteiger partial charge in [-0.25, -0.2) is 9.36 Å². The topological polar surface area (TPSA) is 52.7 Å². The number of aromatic nitrogens is 4. The fourth-order valence-electron chi connectivity index (χ4n) is 2.90. The minimum atomic E-state index is -0.224. The Kier molecular flexibility index (Phi) is 4.26. The number of para-hydroxylation sites is 1. The Morgan fingerprint density at radius 2 is 1.85 bits per heavy atom. The van der Waals surface area contributed by atoms with Crippen molar-refractivity contribution in [1.82, 2.24) is 19.6 Å². The first-order valence-corrected chi connectivity index (χ1v) is 8.75. The van der Waals surface area contributed by atoms with Gasteiger partial charge in [0.2, 0.25) is 0 Å². The van der Waals surface area contributed by atoms with Crippen LogP contribution in [0.15, 0.2) is 59.5 Å². The third kappa shape index (κ3) is 2.89. The molecule has 0 unspecified atom stereocenters. The molecule has 0 aliphatic rings. The summed E-state index contributed by atoms with van der Waals surface area (Å²) in [5.41, 5.74) is 2.59. The number of benzene rings is 2. The lowest BCUT2D eigenvalue weighted by Gasteiger charge is -2.10. The van der Waals surface area contributed by atoms with Gasteiger partial charge in [-0.15, -0.1) is 0 Å². The summed E-state index contributed by atoms with van der Waals surface area (Å²) in [5.74, 6) is 0. The molecule has 0 aliphatic heterocycles. The molecule has 0 N–H and O–H groups in total. The van der Waals surface area contributed by atoms with Crippen LogP contribution in [0.25, 0.3) is 16.6 Å². The fraction of sp³-hybridized carbons (Fsp3) is 0.105. The third-order valence-corrected chi connectivity index (χ3v) is 4.79. The Balaban J connectivity index is 1.89. The lowest BCUT2D eigenvalue weighted by molar-refractivity contribution is 0.635. The zero-order valence-electron chi connectivity index (χ0n) is 13.9. The SMILES string of the molecule is Cc1nn(Cc2ccc(Cl)cc2Cl)c(=O)c2c1cnn2-c1ccccc1. The zero-order valence-corrected chi connectivity index (χ0v) is 15.4. The van der Waals surface area contributed by atoms with E-state index in [9.17, 15) is 4.79 Å². The quantitative estimate of drug-likeness (QED) is 0.530. The molecule has 0 fully saturated rings. The molecule has 2 aromatic carbocycles. The van der Waals surface area contributed by atoms with E-state index in [1.54, 1.807) is 29.1 Å². The van der Waals surface area contributed by atoms with Crippen molar-refractivity contribution in [2.24, 2.45) is 0 Å². The van der Waals surface area contributed by atoms with Crippen LogP contribution in [0, 0.1) is 6.92 Å². The summed E-state index contributed by atoms with van der Waals surface area (Å²) >= 11 is 12.2. The molecule has 7 heteroatoms. The van der Waals surface area contributed by atoms with Crippen LogP contribution in [0.5, 0.6) is 0 Å². The van der Waals surface area contributed by atoms with Crippen LogP contribution >= 0.6 is 23.2 Å². The first-order chi connectivity index (χ1) is 12.5. The fourth-order valence-corrected chi connectivity index (χ4v) is 3.37. The maximum atomic E-state index is 13.1. The average molecular weight is 385 g/mol. The van der Waals surface area contributed by atoms with Crippen molar-refractivity contribution in [3.8, 4) is 5.69 Å². The van der Waals surface area contributed by atoms with E-state index in [1.165, 1.54) is 4.68 Å². The molecule has 5 nitrogen and oxygen atoms in total. The molecule has 4 rings (SSSR count). The highest BCUT2D eigenvalue weighted by molar-refractivity contribution is 6.35. The van der Waals surface area contributed by atoms with Gasteiger partial charge in [0.15, 0.2) is 0 Å². The van der Waals surface area contributed by atoms with Gasteiger partial charge in [-0.05, 0) is 36.8 Å². The van der Waals surface area contributed by atoms with Gasteiger partial charge in [0.1, 0.15) is 5.52 Å². The Bertz CT molecular complexity index is 1170. The molecule has 0 bridgehead atoms. The van der Waals surface area contributed by atoms with Crippen molar-refractivity contribution >= 4 is 34.1 Å². The number of halogens is 2. The van der Waals surface area contributed by atoms with E-state index < -0.39 is 0 Å². The molecular formula is C19H14Cl2N4O. The zero-order chi connectivity index (χ0) is 18.3. The highest BCUT2D eigenvalue weighted by Crippen LogP contribution is 2.22. The largest absolute Gasteiger partial charge is 0.293 e. The van der Waals surface area contributed by atoms with Crippen molar-refractivity contribution in [3.05, 3.63) is 86.4 Å². The number of hydrogen-bond acceptors (Lipinski definition) is 3. The van der Waals surface area contributed by atoms with Crippen LogP contribution in [0.3, 0.4) is 0 Å². The van der Waals surface area contributed by atoms with Crippen molar-refractivity contribution < 1.29 is 0 Å². The first kappa shape index (κ1) is 16.8. The molecule has 4 aromatic rings. The van der Waals surface area contributed by atoms with Crippen LogP contribution in [0.4, 0.5) is 0 Å². The first-order valence-electron chi connectivity index (χ1n) is 7.99.